The molecule has 0 spiro atoms. The fourth-order valence-electron chi connectivity index (χ4n) is 2.45. The Kier molecular flexibility index (Phi) is 7.24. The Morgan fingerprint density at radius 1 is 1.04 bits per heavy atom. The molecular formula is C20H22F3NO3. The Balaban J connectivity index is 2.16. The van der Waals surface area contributed by atoms with Crippen molar-refractivity contribution < 1.29 is 27.4 Å². The lowest BCUT2D eigenvalue weighted by Crippen LogP contribution is -2.25. The van der Waals surface area contributed by atoms with Crippen LogP contribution in [0.15, 0.2) is 54.6 Å². The average Bonchev–Trinajstić information content (AvgIpc) is 2.63. The van der Waals surface area contributed by atoms with E-state index in [1.807, 2.05) is 49.3 Å². The quantitative estimate of drug-likeness (QED) is 0.637. The van der Waals surface area contributed by atoms with E-state index in [-0.39, 0.29) is 6.10 Å². The van der Waals surface area contributed by atoms with Gasteiger partial charge in [0.05, 0.1) is 0 Å². The van der Waals surface area contributed by atoms with Gasteiger partial charge in [0.15, 0.2) is 0 Å². The van der Waals surface area contributed by atoms with Crippen LogP contribution in [0.2, 0.25) is 0 Å². The lowest BCUT2D eigenvalue weighted by molar-refractivity contribution is -0.201. The topological polar surface area (TPSA) is 38.8 Å². The number of ether oxygens (including phenoxy) is 2. The second kappa shape index (κ2) is 9.41. The van der Waals surface area contributed by atoms with Crippen molar-refractivity contribution in [3.8, 4) is 5.75 Å². The lowest BCUT2D eigenvalue weighted by Gasteiger charge is -2.23. The largest absolute Gasteiger partial charge is 0.490 e. The van der Waals surface area contributed by atoms with Gasteiger partial charge in [-0.3, -0.25) is 0 Å². The number of hydrogen-bond acceptors (Lipinski definition) is 4. The van der Waals surface area contributed by atoms with Gasteiger partial charge < -0.3 is 14.4 Å². The van der Waals surface area contributed by atoms with Crippen molar-refractivity contribution in [2.75, 3.05) is 20.6 Å². The second-order valence-corrected chi connectivity index (χ2v) is 6.29. The summed E-state index contributed by atoms with van der Waals surface area (Å²) < 4.78 is 47.5. The molecule has 2 aromatic rings. The maximum atomic E-state index is 12.3. The number of rotatable bonds is 8. The number of halogens is 3. The summed E-state index contributed by atoms with van der Waals surface area (Å²) in [6.45, 7) is 0.258. The number of benzene rings is 2. The van der Waals surface area contributed by atoms with Gasteiger partial charge in [-0.25, -0.2) is 4.79 Å². The molecule has 0 amide bonds. The summed E-state index contributed by atoms with van der Waals surface area (Å²) in [6, 6.07) is 16.2. The van der Waals surface area contributed by atoms with E-state index in [2.05, 4.69) is 4.74 Å². The maximum absolute atomic E-state index is 12.3. The van der Waals surface area contributed by atoms with E-state index in [9.17, 15) is 18.0 Å². The molecule has 146 valence electrons. The molecule has 0 aromatic heterocycles. The monoisotopic (exact) mass is 381 g/mol. The highest BCUT2D eigenvalue weighted by atomic mass is 19.4. The molecule has 0 bridgehead atoms. The first-order valence-electron chi connectivity index (χ1n) is 8.45. The molecule has 0 heterocycles. The van der Waals surface area contributed by atoms with E-state index in [0.29, 0.717) is 17.7 Å². The molecule has 0 aliphatic heterocycles. The van der Waals surface area contributed by atoms with E-state index in [4.69, 9.17) is 4.74 Å². The highest BCUT2D eigenvalue weighted by Crippen LogP contribution is 2.29. The molecule has 1 unspecified atom stereocenters. The van der Waals surface area contributed by atoms with E-state index >= 15 is 0 Å². The summed E-state index contributed by atoms with van der Waals surface area (Å²) in [6.07, 6.45) is -4.62. The van der Waals surface area contributed by atoms with E-state index in [0.717, 1.165) is 12.1 Å². The van der Waals surface area contributed by atoms with E-state index in [1.54, 1.807) is 24.3 Å². The van der Waals surface area contributed by atoms with Crippen LogP contribution in [0.5, 0.6) is 5.75 Å². The fourth-order valence-corrected chi connectivity index (χ4v) is 2.45. The van der Waals surface area contributed by atoms with Crippen LogP contribution in [0.25, 0.3) is 0 Å². The summed E-state index contributed by atoms with van der Waals surface area (Å²) in [5.74, 6) is -1.83. The Labute approximate surface area is 156 Å². The minimum atomic E-state index is -5.02. The normalized spacial score (nSPS) is 12.7. The SMILES string of the molecule is CN(C)CCC(Oc1ccccc1COC(=O)C(F)(F)F)c1ccccc1. The number of hydrogen-bond donors (Lipinski definition) is 0. The number of esters is 1. The molecule has 0 N–H and O–H groups in total. The molecule has 2 aromatic carbocycles. The van der Waals surface area contributed by atoms with Crippen molar-refractivity contribution in [1.29, 1.82) is 0 Å². The molecular weight excluding hydrogens is 359 g/mol. The van der Waals surface area contributed by atoms with Crippen LogP contribution in [-0.2, 0) is 16.1 Å². The molecule has 27 heavy (non-hydrogen) atoms. The van der Waals surface area contributed by atoms with Crippen molar-refractivity contribution >= 4 is 5.97 Å². The van der Waals surface area contributed by atoms with Crippen molar-refractivity contribution in [3.05, 3.63) is 65.7 Å². The molecule has 0 saturated heterocycles. The fraction of sp³-hybridized carbons (Fsp3) is 0.350. The average molecular weight is 381 g/mol. The first kappa shape index (κ1) is 20.8. The van der Waals surface area contributed by atoms with E-state index in [1.165, 1.54) is 0 Å². The molecule has 1 atom stereocenters. The smallest absolute Gasteiger partial charge is 0.485 e. The Hall–Kier alpha value is -2.54. The summed E-state index contributed by atoms with van der Waals surface area (Å²) in [5, 5.41) is 0. The zero-order valence-corrected chi connectivity index (χ0v) is 15.2. The molecule has 0 radical (unpaired) electrons. The van der Waals surface area contributed by atoms with Crippen molar-refractivity contribution in [1.82, 2.24) is 4.90 Å². The molecule has 7 heteroatoms. The van der Waals surface area contributed by atoms with Crippen molar-refractivity contribution in [3.63, 3.8) is 0 Å². The Morgan fingerprint density at radius 2 is 1.67 bits per heavy atom. The van der Waals surface area contributed by atoms with Gasteiger partial charge in [0, 0.05) is 18.5 Å². The van der Waals surface area contributed by atoms with Crippen LogP contribution in [0.4, 0.5) is 13.2 Å². The second-order valence-electron chi connectivity index (χ2n) is 6.29. The van der Waals surface area contributed by atoms with E-state index < -0.39 is 18.8 Å². The third kappa shape index (κ3) is 6.60. The van der Waals surface area contributed by atoms with Crippen molar-refractivity contribution in [2.24, 2.45) is 0 Å². The number of alkyl halides is 3. The summed E-state index contributed by atoms with van der Waals surface area (Å²) in [5.41, 5.74) is 1.34. The molecule has 0 aliphatic carbocycles. The zero-order chi connectivity index (χ0) is 19.9. The van der Waals surface area contributed by atoms with Gasteiger partial charge in [-0.1, -0.05) is 48.5 Å². The predicted octanol–water partition coefficient (Wildman–Crippen LogP) is 4.36. The first-order valence-corrected chi connectivity index (χ1v) is 8.45. The van der Waals surface area contributed by atoms with Gasteiger partial charge in [0.2, 0.25) is 0 Å². The third-order valence-corrected chi connectivity index (χ3v) is 3.84. The van der Waals surface area contributed by atoms with Crippen LogP contribution >= 0.6 is 0 Å². The lowest BCUT2D eigenvalue weighted by atomic mass is 10.1. The van der Waals surface area contributed by atoms with Gasteiger partial charge in [0.1, 0.15) is 18.5 Å². The van der Waals surface area contributed by atoms with Crippen LogP contribution < -0.4 is 4.74 Å². The highest BCUT2D eigenvalue weighted by Gasteiger charge is 2.41. The Bertz CT molecular complexity index is 733. The van der Waals surface area contributed by atoms with Gasteiger partial charge in [-0.05, 0) is 25.7 Å². The van der Waals surface area contributed by atoms with Crippen LogP contribution in [0.3, 0.4) is 0 Å². The highest BCUT2D eigenvalue weighted by molar-refractivity contribution is 5.75. The third-order valence-electron chi connectivity index (χ3n) is 3.84. The number of carbonyl (C=O) groups excluding carboxylic acids is 1. The number of para-hydroxylation sites is 1. The first-order chi connectivity index (χ1) is 12.8. The molecule has 0 saturated carbocycles. The summed E-state index contributed by atoms with van der Waals surface area (Å²) >= 11 is 0. The Morgan fingerprint density at radius 3 is 2.30 bits per heavy atom. The number of nitrogens with zero attached hydrogens (tertiary/aromatic N) is 1. The number of carbonyl (C=O) groups is 1. The van der Waals surface area contributed by atoms with Crippen LogP contribution in [0, 0.1) is 0 Å². The van der Waals surface area contributed by atoms with Gasteiger partial charge >= 0.3 is 12.1 Å². The van der Waals surface area contributed by atoms with Gasteiger partial charge in [0.25, 0.3) is 0 Å². The standard InChI is InChI=1S/C20H22F3NO3/c1-24(2)13-12-18(15-8-4-3-5-9-15)27-17-11-7-6-10-16(17)14-26-19(25)20(21,22)23/h3-11,18H,12-14H2,1-2H3. The van der Waals surface area contributed by atoms with Crippen LogP contribution in [0.1, 0.15) is 23.7 Å². The van der Waals surface area contributed by atoms with Gasteiger partial charge in [-0.2, -0.15) is 13.2 Å². The molecule has 2 rings (SSSR count). The minimum Gasteiger partial charge on any atom is -0.485 e. The molecule has 0 fully saturated rings. The summed E-state index contributed by atoms with van der Waals surface area (Å²) in [4.78, 5) is 13.0. The van der Waals surface area contributed by atoms with Crippen molar-refractivity contribution in [2.45, 2.75) is 25.3 Å². The molecule has 0 aliphatic rings. The maximum Gasteiger partial charge on any atom is 0.490 e. The predicted molar refractivity (Wildman–Crippen MR) is 95.3 cm³/mol. The minimum absolute atomic E-state index is 0.284. The van der Waals surface area contributed by atoms with Crippen LogP contribution in [-0.4, -0.2) is 37.7 Å². The summed E-state index contributed by atoms with van der Waals surface area (Å²) in [7, 11) is 3.90. The van der Waals surface area contributed by atoms with Gasteiger partial charge in [-0.15, -0.1) is 0 Å². The molecule has 4 nitrogen and oxygen atoms in total. The zero-order valence-electron chi connectivity index (χ0n) is 15.2.